The number of aryl methyl sites for hydroxylation is 2. The number of hydrogen-bond donors (Lipinski definition) is 10. The summed E-state index contributed by atoms with van der Waals surface area (Å²) in [6.45, 7) is 15.1. The van der Waals surface area contributed by atoms with Crippen LogP contribution in [0.5, 0.6) is 0 Å². The average molecular weight is 1800 g/mol. The Morgan fingerprint density at radius 3 is 1.03 bits per heavy atom. The zero-order valence-electron chi connectivity index (χ0n) is 74.5. The second-order valence-corrected chi connectivity index (χ2v) is 33.3. The lowest BCUT2D eigenvalue weighted by molar-refractivity contribution is -0.128. The van der Waals surface area contributed by atoms with Gasteiger partial charge in [-0.25, -0.2) is 19.2 Å². The highest BCUT2D eigenvalue weighted by Crippen LogP contribution is 2.59. The second-order valence-electron chi connectivity index (χ2n) is 31.6. The minimum Gasteiger partial charge on any atom is -0.449 e. The monoisotopic (exact) mass is 1800 g/mol. The largest absolute Gasteiger partial charge is 0.449 e. The van der Waals surface area contributed by atoms with Gasteiger partial charge in [-0.1, -0.05) is 241 Å². The summed E-state index contributed by atoms with van der Waals surface area (Å²) in [6, 6.07) is 65.3. The molecular weight excluding hydrogens is 1680 g/mol. The van der Waals surface area contributed by atoms with Crippen molar-refractivity contribution in [2.24, 2.45) is 5.73 Å². The van der Waals surface area contributed by atoms with Crippen LogP contribution in [0, 0.1) is 0 Å². The van der Waals surface area contributed by atoms with Crippen molar-refractivity contribution in [3.05, 3.63) is 298 Å². The Labute approximate surface area is 758 Å². The number of alkyl carbamates (subject to hydrolysis) is 4. The number of nitrogens with one attached hydrogen (secondary N) is 7. The maximum absolute atomic E-state index is 13.8. The third-order valence-electron chi connectivity index (χ3n) is 23.0. The van der Waals surface area contributed by atoms with E-state index in [4.69, 9.17) is 34.5 Å². The highest BCUT2D eigenvalue weighted by molar-refractivity contribution is 7.52. The summed E-state index contributed by atoms with van der Waals surface area (Å²) < 4.78 is 60.0. The molecule has 3 aliphatic rings. The summed E-state index contributed by atoms with van der Waals surface area (Å²) in [7, 11) is -4.12. The molecule has 4 atom stereocenters. The molecule has 3 aliphatic carbocycles. The lowest BCUT2D eigenvalue weighted by Crippen LogP contribution is -2.49. The van der Waals surface area contributed by atoms with Crippen molar-refractivity contribution >= 4 is 67.0 Å². The Balaban J connectivity index is 0.000000200. The van der Waals surface area contributed by atoms with Crippen LogP contribution >= 0.6 is 7.60 Å². The minimum atomic E-state index is -5.69. The molecule has 9 aromatic rings. The molecule has 11 N–H and O–H groups in total. The van der Waals surface area contributed by atoms with Gasteiger partial charge >= 0.3 is 37.6 Å². The Morgan fingerprint density at radius 2 is 0.723 bits per heavy atom. The van der Waals surface area contributed by atoms with E-state index in [1.807, 2.05) is 116 Å². The summed E-state index contributed by atoms with van der Waals surface area (Å²) in [5.74, 6) is -1.06. The third kappa shape index (κ3) is 28.6. The number of Topliss-reactive ketones (excluding diaryl/α,β-unsaturated/α-hetero) is 3. The van der Waals surface area contributed by atoms with Crippen LogP contribution in [-0.2, 0) is 67.6 Å². The number of ether oxygens (including phenoxy) is 4. The molecule has 0 aliphatic heterocycles. The summed E-state index contributed by atoms with van der Waals surface area (Å²) in [4.78, 5) is 140. The Kier molecular flexibility index (Phi) is 39.5. The summed E-state index contributed by atoms with van der Waals surface area (Å²) in [6.07, 6.45) is 7.27. The van der Waals surface area contributed by atoms with Gasteiger partial charge in [0.15, 0.2) is 17.3 Å². The highest BCUT2D eigenvalue weighted by Gasteiger charge is 2.50. The van der Waals surface area contributed by atoms with E-state index >= 15 is 0 Å². The van der Waals surface area contributed by atoms with Crippen LogP contribution in [0.25, 0.3) is 33.4 Å². The summed E-state index contributed by atoms with van der Waals surface area (Å²) >= 11 is 0. The number of rotatable bonds is 41. The fourth-order valence-corrected chi connectivity index (χ4v) is 16.2. The zero-order valence-corrected chi connectivity index (χ0v) is 75.4. The fourth-order valence-electron chi connectivity index (χ4n) is 15.7. The van der Waals surface area contributed by atoms with E-state index in [2.05, 4.69) is 124 Å². The van der Waals surface area contributed by atoms with E-state index in [0.717, 1.165) is 63.9 Å². The topological polar surface area (TPSA) is 375 Å². The molecular formula is C102H119F2N8O17P. The Hall–Kier alpha value is -12.8. The molecule has 7 amide bonds. The first kappa shape index (κ1) is 101. The van der Waals surface area contributed by atoms with Gasteiger partial charge in [0, 0.05) is 80.4 Å². The molecule has 9 aromatic carbocycles. The molecule has 0 radical (unpaired) electrons. The van der Waals surface area contributed by atoms with Gasteiger partial charge in [-0.05, 0) is 185 Å². The van der Waals surface area contributed by atoms with Gasteiger partial charge in [-0.3, -0.25) is 33.3 Å². The molecule has 0 spiro atoms. The number of amides is 7. The van der Waals surface area contributed by atoms with Crippen LogP contribution in [0.2, 0.25) is 0 Å². The van der Waals surface area contributed by atoms with Crippen LogP contribution in [-0.4, -0.2) is 147 Å². The number of unbranched alkanes of at least 4 members (excludes halogenated alkanes) is 3. The van der Waals surface area contributed by atoms with Crippen molar-refractivity contribution in [3.8, 4) is 33.4 Å². The van der Waals surface area contributed by atoms with Crippen LogP contribution in [0.4, 0.5) is 28.0 Å². The predicted octanol–water partition coefficient (Wildman–Crippen LogP) is 17.6. The number of fused-ring (bicyclic) bond motifs is 9. The van der Waals surface area contributed by atoms with Gasteiger partial charge in [-0.2, -0.15) is 8.78 Å². The maximum Gasteiger partial charge on any atom is 0.407 e. The quantitative estimate of drug-likeness (QED) is 0.00736. The van der Waals surface area contributed by atoms with E-state index in [-0.39, 0.29) is 85.7 Å². The van der Waals surface area contributed by atoms with Crippen LogP contribution in [0.3, 0.4) is 0 Å². The standard InChI is InChI=1S/C32H36N2O4.C27H36F2N3O6P.C27H32N2O5.C16H15NO2/c1-3-22-16-18-23(19-17-22)31(36)33-20-10-9-15-29(30(35)4-2)34-32(37)38-21-28-26-13-7-5-11-24(26)25-12-6-8-14-27(25)28;1-3-18-8-12-20(13-9-18)25(34)31-16-6-5-7-23(24(33)4-2)32-26(35)22(30)17-19-10-14-21(15-11-19)27(28,29)39(36,37)38;1-3-17-33-26(31)28-16-10-9-15-24(25(30)4-2)29-27(32)34-18-23-21-13-7-5-11-19(21)20-12-6-8-14-22(20)23;1-17-16(18)19-10-15-13-8-4-2-6-11(13)12-7-3-5-9-14(12)15/h5-8,11-14,16-19,28-29H,3-4,9-10,15,20-21H2,1-2H3,(H,33,36)(H,34,37);8-15,22-23H,3-7,16-17,30H2,1-2H3,(H,31,34)(H,32,35)(H2,36,37,38);3,5-8,11-14,23-24H,1,4,9-10,15-18H2,2H3,(H,28,31)(H,29,32);2-9,15H,10H2,1H3,(H,17,18). The first-order chi connectivity index (χ1) is 62.7. The number of ketones is 3. The number of carbonyl (C=O) groups excluding carboxylic acids is 10. The van der Waals surface area contributed by atoms with Crippen LogP contribution in [0.1, 0.15) is 206 Å². The number of nitrogens with two attached hydrogens (primary N) is 1. The number of halogens is 2. The van der Waals surface area contributed by atoms with E-state index in [1.165, 1.54) is 57.2 Å². The van der Waals surface area contributed by atoms with Gasteiger partial charge in [0.2, 0.25) is 5.91 Å². The SMILES string of the molecule is C=CCOC(=O)NCCCCC(NC(=O)OCC1c2ccccc2-c2ccccc21)C(=O)CC.CCC(=O)C(CCCCNC(=O)c1ccc(CC)cc1)NC(=O)C(N)Cc1ccc(C(F)(F)P(=O)(O)O)cc1.CCC(=O)C(CCCCNC(=O)c1ccc(CC)cc1)NC(=O)OCC1c2ccccc2-c2ccccc21.CNC(=O)OCC1c2ccccc2-c2ccccc21. The number of benzene rings is 9. The average Bonchev–Trinajstić information content (AvgIpc) is 1.62. The van der Waals surface area contributed by atoms with Crippen molar-refractivity contribution in [3.63, 3.8) is 0 Å². The Bertz CT molecular complexity index is 5240. The van der Waals surface area contributed by atoms with Crippen LogP contribution in [0.15, 0.2) is 231 Å². The summed E-state index contributed by atoms with van der Waals surface area (Å²) in [5, 5.41) is 19.0. The van der Waals surface area contributed by atoms with E-state index in [0.29, 0.717) is 114 Å². The molecule has 0 saturated carbocycles. The van der Waals surface area contributed by atoms with E-state index in [1.54, 1.807) is 40.0 Å². The normalized spacial score (nSPS) is 12.9. The number of carbonyl (C=O) groups is 10. The van der Waals surface area contributed by atoms with Crippen molar-refractivity contribution in [1.29, 1.82) is 0 Å². The van der Waals surface area contributed by atoms with E-state index < -0.39 is 67.2 Å². The van der Waals surface area contributed by atoms with Crippen molar-refractivity contribution in [2.45, 2.75) is 179 Å². The van der Waals surface area contributed by atoms with E-state index in [9.17, 15) is 61.3 Å². The minimum absolute atomic E-state index is 0.0291. The first-order valence-corrected chi connectivity index (χ1v) is 46.0. The zero-order chi connectivity index (χ0) is 93.7. The van der Waals surface area contributed by atoms with Gasteiger partial charge in [0.25, 0.3) is 11.8 Å². The smallest absolute Gasteiger partial charge is 0.407 e. The second kappa shape index (κ2) is 50.8. The van der Waals surface area contributed by atoms with Gasteiger partial charge in [0.1, 0.15) is 26.4 Å². The molecule has 0 bridgehead atoms. The number of hydrogen-bond acceptors (Lipinski definition) is 16. The Morgan fingerprint density at radius 1 is 0.415 bits per heavy atom. The molecule has 0 heterocycles. The maximum atomic E-state index is 13.8. The first-order valence-electron chi connectivity index (χ1n) is 44.4. The molecule has 0 aromatic heterocycles. The lowest BCUT2D eigenvalue weighted by Gasteiger charge is -2.20. The third-order valence-corrected chi connectivity index (χ3v) is 24.0. The highest BCUT2D eigenvalue weighted by atomic mass is 31.2. The van der Waals surface area contributed by atoms with Crippen molar-refractivity contribution in [2.75, 3.05) is 53.1 Å². The van der Waals surface area contributed by atoms with Gasteiger partial charge < -0.3 is 71.7 Å². The number of alkyl halides is 2. The van der Waals surface area contributed by atoms with Crippen LogP contribution < -0.4 is 43.0 Å². The fraction of sp³-hybridized carbons (Fsp3) is 0.353. The molecule has 12 rings (SSSR count). The summed E-state index contributed by atoms with van der Waals surface area (Å²) in [5.41, 5.74) is 18.9. The molecule has 130 heavy (non-hydrogen) atoms. The molecule has 25 nitrogen and oxygen atoms in total. The molecule has 28 heteroatoms. The lowest BCUT2D eigenvalue weighted by atomic mass is 9.98. The van der Waals surface area contributed by atoms with Crippen molar-refractivity contribution < 1.29 is 90.0 Å². The molecule has 0 fully saturated rings. The van der Waals surface area contributed by atoms with Crippen molar-refractivity contribution in [1.82, 2.24) is 37.2 Å². The molecule has 688 valence electrons. The van der Waals surface area contributed by atoms with Gasteiger partial charge in [0.05, 0.1) is 24.2 Å². The van der Waals surface area contributed by atoms with Gasteiger partial charge in [-0.15, -0.1) is 0 Å². The molecule has 4 unspecified atom stereocenters. The molecule has 0 saturated heterocycles. The predicted molar refractivity (Wildman–Crippen MR) is 497 cm³/mol.